The summed E-state index contributed by atoms with van der Waals surface area (Å²) in [5.41, 5.74) is 0.613. The molecule has 4 rings (SSSR count). The van der Waals surface area contributed by atoms with E-state index in [-0.39, 0.29) is 11.5 Å². The predicted octanol–water partition coefficient (Wildman–Crippen LogP) is 2.00. The molecule has 144 valence electrons. The van der Waals surface area contributed by atoms with Gasteiger partial charge in [0.2, 0.25) is 0 Å². The maximum Gasteiger partial charge on any atom is 0.254 e. The highest BCUT2D eigenvalue weighted by Gasteiger charge is 2.61. The number of anilines is 1. The number of rotatable bonds is 5. The molecule has 0 atom stereocenters. The predicted molar refractivity (Wildman–Crippen MR) is 104 cm³/mol. The van der Waals surface area contributed by atoms with Crippen LogP contribution in [0.25, 0.3) is 0 Å². The molecule has 1 aliphatic carbocycles. The Morgan fingerprint density at radius 1 is 1.27 bits per heavy atom. The van der Waals surface area contributed by atoms with Gasteiger partial charge in [0, 0.05) is 58.6 Å². The van der Waals surface area contributed by atoms with E-state index >= 15 is 0 Å². The molecule has 1 amide bonds. The number of carbonyl (C=O) groups is 1. The fraction of sp³-hybridized carbons (Fsp3) is 0.789. The van der Waals surface area contributed by atoms with Crippen LogP contribution in [0.2, 0.25) is 0 Å². The van der Waals surface area contributed by atoms with Gasteiger partial charge in [-0.15, -0.1) is 11.3 Å². The van der Waals surface area contributed by atoms with Gasteiger partial charge >= 0.3 is 0 Å². The minimum Gasteiger partial charge on any atom is -0.357 e. The van der Waals surface area contributed by atoms with Crippen molar-refractivity contribution in [2.45, 2.75) is 50.2 Å². The molecule has 1 saturated carbocycles. The molecule has 2 aliphatic heterocycles. The average molecular weight is 379 g/mol. The van der Waals surface area contributed by atoms with Gasteiger partial charge in [0.25, 0.3) is 5.91 Å². The van der Waals surface area contributed by atoms with E-state index in [0.717, 1.165) is 70.0 Å². The van der Waals surface area contributed by atoms with Gasteiger partial charge in [-0.2, -0.15) is 0 Å². The van der Waals surface area contributed by atoms with Crippen molar-refractivity contribution in [2.75, 3.05) is 51.7 Å². The first kappa shape index (κ1) is 18.2. The summed E-state index contributed by atoms with van der Waals surface area (Å²) >= 11 is 1.71. The molecule has 0 aromatic carbocycles. The van der Waals surface area contributed by atoms with Crippen LogP contribution in [0, 0.1) is 0 Å². The Bertz CT molecular complexity index is 662. The third-order valence-electron chi connectivity index (χ3n) is 6.03. The molecule has 3 heterocycles. The molecule has 3 aliphatic rings. The molecule has 1 aromatic rings. The van der Waals surface area contributed by atoms with Crippen LogP contribution in [0.3, 0.4) is 0 Å². The van der Waals surface area contributed by atoms with Crippen LogP contribution in [0.1, 0.15) is 38.3 Å². The molecule has 2 saturated heterocycles. The van der Waals surface area contributed by atoms with Gasteiger partial charge in [0.15, 0.2) is 5.13 Å². The number of likely N-dealkylation sites (N-methyl/N-ethyl adjacent to an activating group) is 1. The second-order valence-corrected chi connectivity index (χ2v) is 9.04. The van der Waals surface area contributed by atoms with E-state index in [9.17, 15) is 4.79 Å². The number of thiazole rings is 1. The highest BCUT2D eigenvalue weighted by atomic mass is 32.1. The Labute approximate surface area is 160 Å². The lowest BCUT2D eigenvalue weighted by Gasteiger charge is -2.50. The summed E-state index contributed by atoms with van der Waals surface area (Å²) in [5.74, 6) is 0.230. The lowest BCUT2D eigenvalue weighted by Crippen LogP contribution is -2.62. The van der Waals surface area contributed by atoms with Crippen LogP contribution in [-0.2, 0) is 16.0 Å². The van der Waals surface area contributed by atoms with E-state index in [1.54, 1.807) is 11.3 Å². The molecule has 3 fully saturated rings. The quantitative estimate of drug-likeness (QED) is 0.784. The molecule has 0 N–H and O–H groups in total. The number of morpholine rings is 1. The highest BCUT2D eigenvalue weighted by molar-refractivity contribution is 7.13. The maximum atomic E-state index is 12.5. The van der Waals surface area contributed by atoms with Crippen molar-refractivity contribution in [3.8, 4) is 0 Å². The van der Waals surface area contributed by atoms with Crippen LogP contribution >= 0.6 is 11.3 Å². The van der Waals surface area contributed by atoms with Gasteiger partial charge in [0.05, 0.1) is 11.3 Å². The largest absolute Gasteiger partial charge is 0.357 e. The van der Waals surface area contributed by atoms with Gasteiger partial charge in [-0.05, 0) is 32.6 Å². The molecule has 1 aromatic heterocycles. The summed E-state index contributed by atoms with van der Waals surface area (Å²) in [6.07, 6.45) is 4.87. The van der Waals surface area contributed by atoms with E-state index in [4.69, 9.17) is 4.74 Å². The van der Waals surface area contributed by atoms with Gasteiger partial charge in [-0.1, -0.05) is 0 Å². The van der Waals surface area contributed by atoms with Gasteiger partial charge in [-0.3, -0.25) is 4.79 Å². The summed E-state index contributed by atoms with van der Waals surface area (Å²) in [6.45, 7) is 6.80. The summed E-state index contributed by atoms with van der Waals surface area (Å²) in [4.78, 5) is 23.8. The van der Waals surface area contributed by atoms with Crippen molar-refractivity contribution in [2.24, 2.45) is 0 Å². The first-order valence-corrected chi connectivity index (χ1v) is 10.7. The highest BCUT2D eigenvalue weighted by Crippen LogP contribution is 2.49. The van der Waals surface area contributed by atoms with Crippen LogP contribution in [-0.4, -0.2) is 78.7 Å². The van der Waals surface area contributed by atoms with Crippen LogP contribution < -0.4 is 4.90 Å². The lowest BCUT2D eigenvalue weighted by atomic mass is 9.88. The standard InChI is InChI=1S/C19H30N4O2S/c1-4-23-14-18(25-19(6-7-19)16(23)24)8-11-22(12-9-18)10-5-15-13-26-17(20-15)21(2)3/h13H,4-12,14H2,1-3H3. The molecule has 0 radical (unpaired) electrons. The monoisotopic (exact) mass is 378 g/mol. The summed E-state index contributed by atoms with van der Waals surface area (Å²) in [5, 5.41) is 3.25. The molecule has 7 heteroatoms. The van der Waals surface area contributed by atoms with Crippen molar-refractivity contribution < 1.29 is 9.53 Å². The minimum absolute atomic E-state index is 0.115. The number of piperidine rings is 1. The second-order valence-electron chi connectivity index (χ2n) is 8.21. The molecule has 0 unspecified atom stereocenters. The molecular weight excluding hydrogens is 348 g/mol. The van der Waals surface area contributed by atoms with E-state index in [1.807, 2.05) is 19.0 Å². The van der Waals surface area contributed by atoms with Crippen molar-refractivity contribution in [1.29, 1.82) is 0 Å². The molecule has 6 nitrogen and oxygen atoms in total. The smallest absolute Gasteiger partial charge is 0.254 e. The zero-order valence-corrected chi connectivity index (χ0v) is 17.0. The third-order valence-corrected chi connectivity index (χ3v) is 7.08. The zero-order valence-electron chi connectivity index (χ0n) is 16.2. The first-order chi connectivity index (χ1) is 12.5. The SMILES string of the molecule is CCN1CC2(CCN(CCc3csc(N(C)C)n3)CC2)OC2(CC2)C1=O. The maximum absolute atomic E-state index is 12.5. The third kappa shape index (κ3) is 3.37. The van der Waals surface area contributed by atoms with E-state index in [1.165, 1.54) is 5.69 Å². The topological polar surface area (TPSA) is 48.9 Å². The zero-order chi connectivity index (χ0) is 18.4. The Kier molecular flexibility index (Phi) is 4.73. The minimum atomic E-state index is -0.459. The number of hydrogen-bond donors (Lipinski definition) is 0. The van der Waals surface area contributed by atoms with Gasteiger partial charge in [-0.25, -0.2) is 4.98 Å². The molecular formula is C19H30N4O2S. The molecule has 2 spiro atoms. The van der Waals surface area contributed by atoms with Crippen LogP contribution in [0.4, 0.5) is 5.13 Å². The Balaban J connectivity index is 1.31. The number of hydrogen-bond acceptors (Lipinski definition) is 6. The molecule has 0 bridgehead atoms. The Morgan fingerprint density at radius 2 is 2.00 bits per heavy atom. The summed E-state index contributed by atoms with van der Waals surface area (Å²) < 4.78 is 6.46. The number of amides is 1. The summed E-state index contributed by atoms with van der Waals surface area (Å²) in [7, 11) is 4.07. The van der Waals surface area contributed by atoms with E-state index < -0.39 is 5.60 Å². The number of nitrogens with zero attached hydrogens (tertiary/aromatic N) is 4. The normalized spacial score (nSPS) is 24.4. The summed E-state index contributed by atoms with van der Waals surface area (Å²) in [6, 6.07) is 0. The van der Waals surface area contributed by atoms with Crippen molar-refractivity contribution in [3.05, 3.63) is 11.1 Å². The average Bonchev–Trinajstić information content (AvgIpc) is 3.22. The number of ether oxygens (including phenoxy) is 1. The van der Waals surface area contributed by atoms with Crippen molar-refractivity contribution >= 4 is 22.4 Å². The van der Waals surface area contributed by atoms with Crippen molar-refractivity contribution in [3.63, 3.8) is 0 Å². The molecule has 26 heavy (non-hydrogen) atoms. The van der Waals surface area contributed by atoms with Crippen molar-refractivity contribution in [1.82, 2.24) is 14.8 Å². The van der Waals surface area contributed by atoms with E-state index in [2.05, 4.69) is 27.1 Å². The van der Waals surface area contributed by atoms with Crippen LogP contribution in [0.5, 0.6) is 0 Å². The Hall–Kier alpha value is -1.18. The fourth-order valence-electron chi connectivity index (χ4n) is 4.22. The lowest BCUT2D eigenvalue weighted by molar-refractivity contribution is -0.200. The van der Waals surface area contributed by atoms with Gasteiger partial charge < -0.3 is 19.4 Å². The van der Waals surface area contributed by atoms with Gasteiger partial charge in [0.1, 0.15) is 5.60 Å². The number of aromatic nitrogens is 1. The second kappa shape index (κ2) is 6.77. The van der Waals surface area contributed by atoms with E-state index in [0.29, 0.717) is 0 Å². The Morgan fingerprint density at radius 3 is 2.58 bits per heavy atom. The number of carbonyl (C=O) groups excluding carboxylic acids is 1. The fourth-order valence-corrected chi connectivity index (χ4v) is 5.01. The van der Waals surface area contributed by atoms with Crippen LogP contribution in [0.15, 0.2) is 5.38 Å². The first-order valence-electron chi connectivity index (χ1n) is 9.79. The number of likely N-dealkylation sites (tertiary alicyclic amines) is 1.